The Labute approximate surface area is 108 Å². The third-order valence-electron chi connectivity index (χ3n) is 2.55. The van der Waals surface area contributed by atoms with Crippen molar-refractivity contribution in [2.24, 2.45) is 0 Å². The summed E-state index contributed by atoms with van der Waals surface area (Å²) >= 11 is 3.40. The van der Waals surface area contributed by atoms with E-state index in [1.807, 2.05) is 36.4 Å². The Balaban J connectivity index is 2.56. The fourth-order valence-electron chi connectivity index (χ4n) is 1.74. The summed E-state index contributed by atoms with van der Waals surface area (Å²) in [4.78, 5) is 11.1. The summed E-state index contributed by atoms with van der Waals surface area (Å²) in [6.45, 7) is 0. The minimum Gasteiger partial charge on any atom is -0.478 e. The van der Waals surface area contributed by atoms with Gasteiger partial charge in [-0.15, -0.1) is 0 Å². The van der Waals surface area contributed by atoms with Crippen molar-refractivity contribution in [3.05, 3.63) is 59.7 Å². The maximum Gasteiger partial charge on any atom is 0.336 e. The molecule has 2 rings (SSSR count). The second-order valence-electron chi connectivity index (χ2n) is 3.68. The van der Waals surface area contributed by atoms with Crippen molar-refractivity contribution in [2.75, 3.05) is 0 Å². The average molecular weight is 291 g/mol. The first-order valence-corrected chi connectivity index (χ1v) is 6.32. The summed E-state index contributed by atoms with van der Waals surface area (Å²) in [6, 6.07) is 14.9. The van der Waals surface area contributed by atoms with Crippen LogP contribution in [0.4, 0.5) is 0 Å². The Morgan fingerprint density at radius 3 is 2.59 bits per heavy atom. The molecule has 0 aliphatic heterocycles. The van der Waals surface area contributed by atoms with E-state index in [0.717, 1.165) is 22.0 Å². The van der Waals surface area contributed by atoms with Crippen LogP contribution in [0.25, 0.3) is 11.1 Å². The number of carbonyl (C=O) groups is 1. The van der Waals surface area contributed by atoms with E-state index in [-0.39, 0.29) is 0 Å². The van der Waals surface area contributed by atoms with Gasteiger partial charge in [-0.2, -0.15) is 0 Å². The second kappa shape index (κ2) is 5.15. The maximum absolute atomic E-state index is 11.1. The molecule has 86 valence electrons. The smallest absolute Gasteiger partial charge is 0.336 e. The van der Waals surface area contributed by atoms with Gasteiger partial charge in [0, 0.05) is 5.33 Å². The molecule has 1 N–H and O–H groups in total. The van der Waals surface area contributed by atoms with Crippen molar-refractivity contribution in [1.29, 1.82) is 0 Å². The topological polar surface area (TPSA) is 37.3 Å². The van der Waals surface area contributed by atoms with Crippen LogP contribution >= 0.6 is 15.9 Å². The quantitative estimate of drug-likeness (QED) is 0.869. The number of hydrogen-bond donors (Lipinski definition) is 1. The summed E-state index contributed by atoms with van der Waals surface area (Å²) in [6.07, 6.45) is 0. The van der Waals surface area contributed by atoms with Gasteiger partial charge in [-0.25, -0.2) is 4.79 Å². The van der Waals surface area contributed by atoms with E-state index in [4.69, 9.17) is 5.11 Å². The zero-order valence-electron chi connectivity index (χ0n) is 9.06. The average Bonchev–Trinajstić information content (AvgIpc) is 2.39. The molecule has 0 saturated carbocycles. The molecule has 3 heteroatoms. The molecule has 2 nitrogen and oxygen atoms in total. The molecule has 0 fully saturated rings. The highest BCUT2D eigenvalue weighted by Crippen LogP contribution is 2.25. The van der Waals surface area contributed by atoms with Crippen molar-refractivity contribution in [1.82, 2.24) is 0 Å². The SMILES string of the molecule is O=C(O)c1ccccc1-c1cccc(CBr)c1. The van der Waals surface area contributed by atoms with E-state index in [0.29, 0.717) is 5.56 Å². The zero-order valence-corrected chi connectivity index (χ0v) is 10.6. The minimum absolute atomic E-state index is 0.333. The van der Waals surface area contributed by atoms with Crippen LogP contribution in [0.2, 0.25) is 0 Å². The van der Waals surface area contributed by atoms with Crippen LogP contribution in [-0.2, 0) is 5.33 Å². The number of alkyl halides is 1. The molecule has 0 bridgehead atoms. The molecule has 0 radical (unpaired) electrons. The number of aromatic carboxylic acids is 1. The molecule has 0 saturated heterocycles. The predicted molar refractivity (Wildman–Crippen MR) is 71.5 cm³/mol. The van der Waals surface area contributed by atoms with Gasteiger partial charge >= 0.3 is 5.97 Å². The number of carboxylic acids is 1. The van der Waals surface area contributed by atoms with Gasteiger partial charge < -0.3 is 5.11 Å². The highest BCUT2D eigenvalue weighted by molar-refractivity contribution is 9.08. The largest absolute Gasteiger partial charge is 0.478 e. The van der Waals surface area contributed by atoms with E-state index in [2.05, 4.69) is 15.9 Å². The number of benzene rings is 2. The second-order valence-corrected chi connectivity index (χ2v) is 4.25. The lowest BCUT2D eigenvalue weighted by atomic mass is 9.98. The molecule has 2 aromatic rings. The van der Waals surface area contributed by atoms with E-state index in [1.54, 1.807) is 12.1 Å². The molecule has 0 spiro atoms. The van der Waals surface area contributed by atoms with Gasteiger partial charge in [-0.3, -0.25) is 0 Å². The highest BCUT2D eigenvalue weighted by atomic mass is 79.9. The van der Waals surface area contributed by atoms with Gasteiger partial charge in [0.25, 0.3) is 0 Å². The van der Waals surface area contributed by atoms with Crippen molar-refractivity contribution in [3.63, 3.8) is 0 Å². The molecule has 0 unspecified atom stereocenters. The monoisotopic (exact) mass is 290 g/mol. The Hall–Kier alpha value is -1.61. The van der Waals surface area contributed by atoms with Crippen LogP contribution in [0.15, 0.2) is 48.5 Å². The van der Waals surface area contributed by atoms with Crippen LogP contribution < -0.4 is 0 Å². The normalized spacial score (nSPS) is 10.2. The molecule has 2 aromatic carbocycles. The van der Waals surface area contributed by atoms with E-state index < -0.39 is 5.97 Å². The minimum atomic E-state index is -0.898. The lowest BCUT2D eigenvalue weighted by Crippen LogP contribution is -1.99. The van der Waals surface area contributed by atoms with E-state index in [1.165, 1.54) is 0 Å². The van der Waals surface area contributed by atoms with Crippen LogP contribution in [-0.4, -0.2) is 11.1 Å². The summed E-state index contributed by atoms with van der Waals surface area (Å²) in [5.74, 6) is -0.898. The van der Waals surface area contributed by atoms with Crippen LogP contribution in [0, 0.1) is 0 Å². The molecular weight excluding hydrogens is 280 g/mol. The molecule has 0 amide bonds. The van der Waals surface area contributed by atoms with Crippen LogP contribution in [0.3, 0.4) is 0 Å². The zero-order chi connectivity index (χ0) is 12.3. The summed E-state index contributed by atoms with van der Waals surface area (Å²) in [5, 5.41) is 9.90. The first kappa shape index (κ1) is 11.9. The van der Waals surface area contributed by atoms with Crippen molar-refractivity contribution in [3.8, 4) is 11.1 Å². The molecule has 0 aliphatic rings. The molecule has 17 heavy (non-hydrogen) atoms. The van der Waals surface area contributed by atoms with Gasteiger partial charge in [0.15, 0.2) is 0 Å². The number of halogens is 1. The maximum atomic E-state index is 11.1. The summed E-state index contributed by atoms with van der Waals surface area (Å²) < 4.78 is 0. The lowest BCUT2D eigenvalue weighted by Gasteiger charge is -2.07. The van der Waals surface area contributed by atoms with Gasteiger partial charge in [0.1, 0.15) is 0 Å². The summed E-state index contributed by atoms with van der Waals surface area (Å²) in [7, 11) is 0. The number of hydrogen-bond acceptors (Lipinski definition) is 1. The molecule has 0 aliphatic carbocycles. The molecular formula is C14H11BrO2. The molecule has 0 aromatic heterocycles. The molecule has 0 atom stereocenters. The van der Waals surface area contributed by atoms with Crippen LogP contribution in [0.1, 0.15) is 15.9 Å². The highest BCUT2D eigenvalue weighted by Gasteiger charge is 2.10. The summed E-state index contributed by atoms with van der Waals surface area (Å²) in [5.41, 5.74) is 3.14. The number of rotatable bonds is 3. The van der Waals surface area contributed by atoms with E-state index >= 15 is 0 Å². The number of carboxylic acid groups (broad SMARTS) is 1. The van der Waals surface area contributed by atoms with Crippen LogP contribution in [0.5, 0.6) is 0 Å². The third-order valence-corrected chi connectivity index (χ3v) is 3.20. The Bertz CT molecular complexity index is 549. The fraction of sp³-hybridized carbons (Fsp3) is 0.0714. The standard InChI is InChI=1S/C14H11BrO2/c15-9-10-4-3-5-11(8-10)12-6-1-2-7-13(12)14(16)17/h1-8H,9H2,(H,16,17). The first-order valence-electron chi connectivity index (χ1n) is 5.20. The Morgan fingerprint density at radius 1 is 1.12 bits per heavy atom. The lowest BCUT2D eigenvalue weighted by molar-refractivity contribution is 0.0697. The van der Waals surface area contributed by atoms with Crippen molar-refractivity contribution in [2.45, 2.75) is 5.33 Å². The predicted octanol–water partition coefficient (Wildman–Crippen LogP) is 3.95. The van der Waals surface area contributed by atoms with Gasteiger partial charge in [0.2, 0.25) is 0 Å². The van der Waals surface area contributed by atoms with Gasteiger partial charge in [-0.1, -0.05) is 58.4 Å². The van der Waals surface area contributed by atoms with E-state index in [9.17, 15) is 4.79 Å². The Kier molecular flexibility index (Phi) is 3.59. The van der Waals surface area contributed by atoms with Gasteiger partial charge in [-0.05, 0) is 22.8 Å². The van der Waals surface area contributed by atoms with Crippen molar-refractivity contribution < 1.29 is 9.90 Å². The fourth-order valence-corrected chi connectivity index (χ4v) is 2.09. The Morgan fingerprint density at radius 2 is 1.88 bits per heavy atom. The van der Waals surface area contributed by atoms with Crippen molar-refractivity contribution >= 4 is 21.9 Å². The van der Waals surface area contributed by atoms with Gasteiger partial charge in [0.05, 0.1) is 5.56 Å². The molecule has 0 heterocycles. The third kappa shape index (κ3) is 2.56. The first-order chi connectivity index (χ1) is 8.22.